The van der Waals surface area contributed by atoms with Gasteiger partial charge in [0.2, 0.25) is 11.8 Å². The molecule has 0 radical (unpaired) electrons. The molecule has 2 amide bonds. The van der Waals surface area contributed by atoms with Crippen LogP contribution in [0, 0.1) is 28.1 Å². The van der Waals surface area contributed by atoms with Crippen molar-refractivity contribution in [2.75, 3.05) is 52.4 Å². The molecule has 0 saturated carbocycles. The number of nitrogens with zero attached hydrogens (tertiary/aromatic N) is 9. The summed E-state index contributed by atoms with van der Waals surface area (Å²) in [5, 5.41) is 20.2. The predicted molar refractivity (Wildman–Crippen MR) is 226 cm³/mol. The van der Waals surface area contributed by atoms with Gasteiger partial charge in [0.1, 0.15) is 30.8 Å². The number of carbonyl (C=O) groups is 2. The molecule has 2 fully saturated rings. The summed E-state index contributed by atoms with van der Waals surface area (Å²) in [6.45, 7) is 15.3. The van der Waals surface area contributed by atoms with Gasteiger partial charge in [0, 0.05) is 69.8 Å². The third-order valence-corrected chi connectivity index (χ3v) is 13.1. The van der Waals surface area contributed by atoms with Crippen LogP contribution >= 0.6 is 0 Å². The van der Waals surface area contributed by atoms with Gasteiger partial charge in [-0.2, -0.15) is 10.5 Å². The number of piperazine rings is 2. The second-order valence-corrected chi connectivity index (χ2v) is 16.5. The van der Waals surface area contributed by atoms with E-state index < -0.39 is 5.41 Å². The molecule has 306 valence electrons. The van der Waals surface area contributed by atoms with Crippen molar-refractivity contribution in [3.8, 4) is 12.1 Å². The summed E-state index contributed by atoms with van der Waals surface area (Å²) >= 11 is 0. The second-order valence-electron chi connectivity index (χ2n) is 16.5. The first kappa shape index (κ1) is 42.3. The molecule has 0 aliphatic carbocycles. The van der Waals surface area contributed by atoms with E-state index in [0.717, 1.165) is 86.6 Å². The van der Waals surface area contributed by atoms with Crippen molar-refractivity contribution >= 4 is 17.5 Å². The van der Waals surface area contributed by atoms with Crippen LogP contribution in [0.1, 0.15) is 112 Å². The third-order valence-electron chi connectivity index (χ3n) is 13.1. The second kappa shape index (κ2) is 19.4. The molecule has 2 aromatic heterocycles. The van der Waals surface area contributed by atoms with Crippen LogP contribution in [0.3, 0.4) is 0 Å². The lowest BCUT2D eigenvalue weighted by Crippen LogP contribution is -2.64. The van der Waals surface area contributed by atoms with Crippen LogP contribution < -0.4 is 4.48 Å². The monoisotopic (exact) mass is 785 g/mol. The molecule has 1 N–H and O–H groups in total. The Bertz CT molecular complexity index is 2040. The van der Waals surface area contributed by atoms with E-state index >= 15 is 0 Å². The molecule has 58 heavy (non-hydrogen) atoms. The van der Waals surface area contributed by atoms with Crippen molar-refractivity contribution in [2.45, 2.75) is 98.2 Å². The van der Waals surface area contributed by atoms with Crippen LogP contribution in [0.15, 0.2) is 67.5 Å². The molecule has 4 heterocycles. The number of amides is 2. The maximum atomic E-state index is 14.0. The normalized spacial score (nSPS) is 16.4. The van der Waals surface area contributed by atoms with Crippen LogP contribution in [-0.2, 0) is 29.1 Å². The van der Waals surface area contributed by atoms with Crippen LogP contribution in [0.4, 0.5) is 5.69 Å². The lowest BCUT2D eigenvalue weighted by atomic mass is 9.83. The summed E-state index contributed by atoms with van der Waals surface area (Å²) in [5.41, 5.74) is 5.94. The average molecular weight is 786 g/mol. The number of hydrogen-bond acceptors (Lipinski definition) is 7. The highest BCUT2D eigenvalue weighted by molar-refractivity contribution is 5.82. The van der Waals surface area contributed by atoms with Crippen LogP contribution in [-0.4, -0.2) is 98.4 Å². The first-order chi connectivity index (χ1) is 28.2. The van der Waals surface area contributed by atoms with Crippen LogP contribution in [0.5, 0.6) is 0 Å². The molecule has 12 nitrogen and oxygen atoms in total. The quantitative estimate of drug-likeness (QED) is 0.0902. The fourth-order valence-electron chi connectivity index (χ4n) is 8.82. The van der Waals surface area contributed by atoms with E-state index in [1.807, 2.05) is 64.9 Å². The maximum absolute atomic E-state index is 14.0. The maximum Gasteiger partial charge on any atom is 0.228 e. The third kappa shape index (κ3) is 9.52. The van der Waals surface area contributed by atoms with Gasteiger partial charge in [-0.3, -0.25) is 19.0 Å². The van der Waals surface area contributed by atoms with Crippen LogP contribution in [0.25, 0.3) is 0 Å². The number of H-pyrrole nitrogens is 1. The molecule has 0 bridgehead atoms. The Balaban J connectivity index is 1.28. The number of benzene rings is 2. The number of imidazole rings is 2. The Morgan fingerprint density at radius 2 is 1.57 bits per heavy atom. The van der Waals surface area contributed by atoms with E-state index in [1.54, 1.807) is 6.33 Å². The van der Waals surface area contributed by atoms with Crippen LogP contribution in [0.2, 0.25) is 0 Å². The van der Waals surface area contributed by atoms with Gasteiger partial charge >= 0.3 is 0 Å². The molecular weight excluding hydrogens is 725 g/mol. The van der Waals surface area contributed by atoms with Crippen molar-refractivity contribution in [3.05, 3.63) is 101 Å². The van der Waals surface area contributed by atoms with Crippen molar-refractivity contribution in [3.63, 3.8) is 0 Å². The van der Waals surface area contributed by atoms with Gasteiger partial charge in [0.25, 0.3) is 0 Å². The SMILES string of the molecule is CCCCCCC(=O)N1CCN(Cc2cncn2Cc2ccc(C#N)c([N+]3(C(Cc4ccc(C#N)cc4)c4cnc[nH]4)CCN(C(=O)C(C)(CC)CC)CC3)c2)CC1. The van der Waals surface area contributed by atoms with E-state index in [4.69, 9.17) is 0 Å². The first-order valence-corrected chi connectivity index (χ1v) is 21.3. The number of nitriles is 2. The molecule has 2 aromatic carbocycles. The summed E-state index contributed by atoms with van der Waals surface area (Å²) in [7, 11) is 0. The molecule has 2 saturated heterocycles. The lowest BCUT2D eigenvalue weighted by molar-refractivity contribution is -0.143. The predicted octanol–water partition coefficient (Wildman–Crippen LogP) is 6.97. The first-order valence-electron chi connectivity index (χ1n) is 21.3. The van der Waals surface area contributed by atoms with Crippen molar-refractivity contribution in [1.29, 1.82) is 10.5 Å². The Kier molecular flexibility index (Phi) is 14.2. The largest absolute Gasteiger partial charge is 0.344 e. The zero-order chi connectivity index (χ0) is 41.1. The van der Waals surface area contributed by atoms with Crippen molar-refractivity contribution in [2.24, 2.45) is 5.41 Å². The van der Waals surface area contributed by atoms with Gasteiger partial charge in [-0.15, -0.1) is 0 Å². The minimum absolute atomic E-state index is 0.149. The van der Waals surface area contributed by atoms with E-state index in [9.17, 15) is 20.1 Å². The molecule has 0 spiro atoms. The Morgan fingerprint density at radius 3 is 2.21 bits per heavy atom. The molecule has 1 unspecified atom stereocenters. The summed E-state index contributed by atoms with van der Waals surface area (Å²) in [4.78, 5) is 45.7. The fourth-order valence-corrected chi connectivity index (χ4v) is 8.82. The number of aromatic amines is 1. The number of unbranched alkanes of at least 4 members (excludes halogenated alkanes) is 3. The zero-order valence-corrected chi connectivity index (χ0v) is 35.0. The Morgan fingerprint density at radius 1 is 0.845 bits per heavy atom. The Hall–Kier alpha value is -5.30. The zero-order valence-electron chi connectivity index (χ0n) is 35.0. The van der Waals surface area contributed by atoms with E-state index in [1.165, 1.54) is 12.8 Å². The minimum Gasteiger partial charge on any atom is -0.344 e. The molecule has 2 aliphatic heterocycles. The van der Waals surface area contributed by atoms with E-state index in [-0.39, 0.29) is 17.9 Å². The van der Waals surface area contributed by atoms with Gasteiger partial charge < -0.3 is 19.4 Å². The summed E-state index contributed by atoms with van der Waals surface area (Å²) in [6.07, 6.45) is 14.7. The topological polar surface area (TPSA) is 138 Å². The van der Waals surface area contributed by atoms with Gasteiger partial charge in [0.15, 0.2) is 5.69 Å². The summed E-state index contributed by atoms with van der Waals surface area (Å²) < 4.78 is 2.66. The summed E-state index contributed by atoms with van der Waals surface area (Å²) in [6, 6.07) is 18.6. The number of aromatic nitrogens is 4. The smallest absolute Gasteiger partial charge is 0.228 e. The van der Waals surface area contributed by atoms with Crippen molar-refractivity contribution < 1.29 is 9.59 Å². The number of rotatable bonds is 17. The molecule has 4 aromatic rings. The molecule has 12 heteroatoms. The Labute approximate surface area is 344 Å². The van der Waals surface area contributed by atoms with Gasteiger partial charge in [-0.1, -0.05) is 65.2 Å². The van der Waals surface area contributed by atoms with Gasteiger partial charge in [-0.25, -0.2) is 9.97 Å². The van der Waals surface area contributed by atoms with Crippen molar-refractivity contribution in [1.82, 2.24) is 38.7 Å². The fraction of sp³-hybridized carbons (Fsp3) is 0.522. The average Bonchev–Trinajstić information content (AvgIpc) is 3.97. The van der Waals surface area contributed by atoms with Gasteiger partial charge in [-0.05, 0) is 48.6 Å². The van der Waals surface area contributed by atoms with Gasteiger partial charge in [0.05, 0.1) is 55.0 Å². The highest BCUT2D eigenvalue weighted by Crippen LogP contribution is 2.42. The molecule has 6 rings (SSSR count). The number of carbonyl (C=O) groups excluding carboxylic acids is 2. The lowest BCUT2D eigenvalue weighted by Gasteiger charge is -2.50. The van der Waals surface area contributed by atoms with E-state index in [0.29, 0.717) is 61.2 Å². The minimum atomic E-state index is -0.419. The molecule has 2 aliphatic rings. The highest BCUT2D eigenvalue weighted by atomic mass is 16.2. The number of nitrogens with one attached hydrogen (secondary N) is 1. The highest BCUT2D eigenvalue weighted by Gasteiger charge is 2.47. The molecular formula is C46H61N10O2+. The standard InChI is InChI=1S/C46H61N10O2/c1-5-8-9-10-11-44(57)53-20-18-52(19-21-53)33-40-30-50-35-55(40)32-38-16-17-39(29-48)42(27-38)56(24-22-54(23-25-56)45(58)46(4,6-2)7-3)43(41-31-49-34-51-41)26-36-12-14-37(28-47)15-13-36/h12-17,27,30-31,34-35,43H,5-11,18-26,32-33H2,1-4H3,(H,49,51)/q+1. The number of hydrogen-bond donors (Lipinski definition) is 1. The summed E-state index contributed by atoms with van der Waals surface area (Å²) in [5.74, 6) is 0.468. The molecule has 1 atom stereocenters. The van der Waals surface area contributed by atoms with E-state index in [2.05, 4.69) is 70.3 Å². The number of quaternary nitrogens is 1.